The number of carbonyl (C=O) groups is 4. The number of allylic oxidation sites excluding steroid dienone is 2. The topological polar surface area (TPSA) is 527 Å². The van der Waals surface area contributed by atoms with E-state index in [1.54, 1.807) is 6.08 Å². The van der Waals surface area contributed by atoms with Gasteiger partial charge in [0.1, 0.15) is 111 Å². The molecule has 32 atom stereocenters. The summed E-state index contributed by atoms with van der Waals surface area (Å²) in [5.74, 6) is -6.05. The highest BCUT2D eigenvalue weighted by Gasteiger charge is 2.58. The highest BCUT2D eigenvalue weighted by atomic mass is 16.8. The van der Waals surface area contributed by atoms with Crippen LogP contribution < -0.4 is 0 Å². The molecule has 530 valence electrons. The molecule has 0 aromatic carbocycles. The second kappa shape index (κ2) is 32.8. The maximum absolute atomic E-state index is 12.8. The molecule has 33 nitrogen and oxygen atoms in total. The molecule has 9 fully saturated rings. The van der Waals surface area contributed by atoms with Crippen molar-refractivity contribution < 1.29 is 163 Å². The number of hydrogen-bond acceptors (Lipinski definition) is 31. The van der Waals surface area contributed by atoms with Gasteiger partial charge in [0.25, 0.3) is 0 Å². The highest BCUT2D eigenvalue weighted by Crippen LogP contribution is 2.45. The van der Waals surface area contributed by atoms with E-state index in [9.17, 15) is 101 Å². The molecule has 0 radical (unpaired) electrons. The van der Waals surface area contributed by atoms with Gasteiger partial charge in [-0.3, -0.25) is 9.59 Å². The van der Waals surface area contributed by atoms with Crippen LogP contribution in [-0.2, 0) is 71.3 Å². The maximum atomic E-state index is 12.8. The fourth-order valence-electron chi connectivity index (χ4n) is 14.1. The molecular weight excluding hydrogens is 1250 g/mol. The lowest BCUT2D eigenvalue weighted by atomic mass is 9.72. The number of fused-ring (bicyclic) bond motifs is 1. The third-order valence-corrected chi connectivity index (χ3v) is 19.6. The fraction of sp³-hybridized carbons (Fsp3) is 0.867. The van der Waals surface area contributed by atoms with Crippen LogP contribution in [0.5, 0.6) is 0 Å². The molecule has 4 saturated carbocycles. The van der Waals surface area contributed by atoms with Crippen molar-refractivity contribution in [3.63, 3.8) is 0 Å². The Hall–Kier alpha value is -3.64. The largest absolute Gasteiger partial charge is 0.481 e. The van der Waals surface area contributed by atoms with Crippen molar-refractivity contribution in [1.82, 2.24) is 0 Å². The molecule has 5 heterocycles. The van der Waals surface area contributed by atoms with Gasteiger partial charge < -0.3 is 144 Å². The van der Waals surface area contributed by atoms with E-state index in [2.05, 4.69) is 0 Å². The number of carboxylic acids is 1. The summed E-state index contributed by atoms with van der Waals surface area (Å²) in [6.45, 7) is -0.639. The minimum Gasteiger partial charge on any atom is -0.481 e. The van der Waals surface area contributed by atoms with Gasteiger partial charge in [-0.05, 0) is 89.4 Å². The summed E-state index contributed by atoms with van der Waals surface area (Å²) >= 11 is 0. The first kappa shape index (κ1) is 73.6. The molecule has 18 N–H and O–H groups in total. The molecule has 5 saturated heterocycles. The van der Waals surface area contributed by atoms with Crippen LogP contribution in [0.25, 0.3) is 0 Å². The van der Waals surface area contributed by atoms with Gasteiger partial charge >= 0.3 is 23.9 Å². The lowest BCUT2D eigenvalue weighted by Crippen LogP contribution is -2.64. The number of carboxylic acid groups (broad SMARTS) is 1. The van der Waals surface area contributed by atoms with Crippen molar-refractivity contribution in [2.75, 3.05) is 19.8 Å². The Morgan fingerprint density at radius 2 is 0.989 bits per heavy atom. The molecule has 0 spiro atoms. The van der Waals surface area contributed by atoms with E-state index in [0.717, 1.165) is 6.08 Å². The molecule has 0 bridgehead atoms. The smallest absolute Gasteiger partial charge is 0.330 e. The van der Waals surface area contributed by atoms with Crippen molar-refractivity contribution in [3.05, 3.63) is 24.3 Å². The Morgan fingerprint density at radius 1 is 0.462 bits per heavy atom. The first-order chi connectivity index (χ1) is 44.1. The molecule has 32 unspecified atom stereocenters. The first-order valence-electron chi connectivity index (χ1n) is 32.0. The van der Waals surface area contributed by atoms with Crippen LogP contribution in [0.15, 0.2) is 24.3 Å². The van der Waals surface area contributed by atoms with Crippen LogP contribution in [0.2, 0.25) is 0 Å². The van der Waals surface area contributed by atoms with Crippen molar-refractivity contribution in [1.29, 1.82) is 0 Å². The van der Waals surface area contributed by atoms with E-state index in [0.29, 0.717) is 38.5 Å². The Balaban J connectivity index is 0.900. The minimum absolute atomic E-state index is 0.00905. The molecular formula is C60H93O33+. The van der Waals surface area contributed by atoms with Gasteiger partial charge in [-0.1, -0.05) is 12.2 Å². The maximum Gasteiger partial charge on any atom is 0.330 e. The van der Waals surface area contributed by atoms with Crippen LogP contribution >= 0.6 is 0 Å². The summed E-state index contributed by atoms with van der Waals surface area (Å²) < 4.78 is 69.6. The van der Waals surface area contributed by atoms with Gasteiger partial charge in [-0.25, -0.2) is 9.59 Å². The highest BCUT2D eigenvalue weighted by molar-refractivity contribution is 5.90. The van der Waals surface area contributed by atoms with Gasteiger partial charge in [0.2, 0.25) is 0 Å². The number of ether oxygens (including phenoxy) is 12. The summed E-state index contributed by atoms with van der Waals surface area (Å²) in [7, 11) is 0. The van der Waals surface area contributed by atoms with Crippen LogP contribution in [0, 0.1) is 23.7 Å². The predicted octanol–water partition coefficient (Wildman–Crippen LogP) is -6.69. The van der Waals surface area contributed by atoms with Crippen molar-refractivity contribution in [2.45, 2.75) is 281 Å². The second-order valence-corrected chi connectivity index (χ2v) is 26.2. The number of aliphatic carboxylic acids is 1. The zero-order valence-electron chi connectivity index (χ0n) is 51.1. The summed E-state index contributed by atoms with van der Waals surface area (Å²) in [5, 5.41) is 184. The number of carbonyl (C=O) groups excluding carboxylic acids is 3. The first-order valence-corrected chi connectivity index (χ1v) is 32.0. The Morgan fingerprint density at radius 3 is 1.59 bits per heavy atom. The van der Waals surface area contributed by atoms with Crippen molar-refractivity contribution in [3.8, 4) is 0 Å². The van der Waals surface area contributed by atoms with Gasteiger partial charge in [0.15, 0.2) is 43.5 Å². The minimum atomic E-state index is -2.00. The van der Waals surface area contributed by atoms with Gasteiger partial charge in [0.05, 0.1) is 61.4 Å². The quantitative estimate of drug-likeness (QED) is 0.0167. The van der Waals surface area contributed by atoms with Crippen molar-refractivity contribution in [2.24, 2.45) is 23.7 Å². The molecule has 0 aromatic rings. The molecule has 0 aromatic heterocycles. The Labute approximate surface area is 533 Å². The molecule has 93 heavy (non-hydrogen) atoms. The van der Waals surface area contributed by atoms with Crippen LogP contribution in [0.3, 0.4) is 0 Å². The molecule has 9 rings (SSSR count). The lowest BCUT2D eigenvalue weighted by molar-refractivity contribution is -0.372. The number of aliphatic hydroxyl groups excluding tert-OH is 16. The predicted molar refractivity (Wildman–Crippen MR) is 303 cm³/mol. The summed E-state index contributed by atoms with van der Waals surface area (Å²) in [6.07, 6.45) is -37.0. The van der Waals surface area contributed by atoms with E-state index >= 15 is 0 Å². The van der Waals surface area contributed by atoms with Crippen molar-refractivity contribution >= 4 is 23.9 Å². The number of hydrogen-bond donors (Lipinski definition) is 17. The normalized spacial score (nSPS) is 47.5. The van der Waals surface area contributed by atoms with Crippen LogP contribution in [0.4, 0.5) is 0 Å². The fourth-order valence-corrected chi connectivity index (χ4v) is 14.1. The van der Waals surface area contributed by atoms with Gasteiger partial charge in [-0.15, -0.1) is 0 Å². The number of esters is 3. The number of aliphatic hydroxyl groups is 18. The standard InChI is InChI=1S/C60H92O33/c1-23-55(93-42(69)13-5-24-2-8-27(61)9-3-24)50(77)54(81)57(85-23)84-22-39-46(73)49(76)53(80)60(92-39)89-36-18-29-33(16-28(62)17-34(29)87-58-51(78)47(74)45(72)38(90-58)21-83-43(70)19-40(66)67)86-56(36)26-7-11-31(64)35(15-26)88-59-52(79)48(75)44(71)37(91-59)20-82-41(68)12-6-25-4-10-30(63)32(65)14-25/h5-6,12-13,23-39,44-65,71-81H,2-4,7-11,14-22H2,1H3,(H,66,67)/p+1. The molecule has 4 aliphatic carbocycles. The summed E-state index contributed by atoms with van der Waals surface area (Å²) in [5.41, 5.74) is 0. The number of rotatable bonds is 21. The lowest BCUT2D eigenvalue weighted by Gasteiger charge is -2.50. The average molecular weight is 1340 g/mol. The monoisotopic (exact) mass is 1340 g/mol. The van der Waals surface area contributed by atoms with E-state index in [1.165, 1.54) is 19.1 Å². The zero-order valence-corrected chi connectivity index (χ0v) is 51.1. The van der Waals surface area contributed by atoms with E-state index in [1.807, 2.05) is 0 Å². The summed E-state index contributed by atoms with van der Waals surface area (Å²) in [4.78, 5) is 48.8. The second-order valence-electron chi connectivity index (χ2n) is 26.2. The molecule has 33 heteroatoms. The molecule has 5 aliphatic heterocycles. The molecule has 9 aliphatic rings. The third-order valence-electron chi connectivity index (χ3n) is 19.6. The van der Waals surface area contributed by atoms with E-state index < -0.39 is 246 Å². The SMILES string of the molecule is CC1OC(OCC2OC(OC3CC4C(OC5OC(COC(=O)CC(=O)O)C(O)C(O)C5O)CC(O)CC4[OH+]C3C3CCC(O)C(OC4OC(COC(=O)C=CC5CCC(O)C(O)C5)C(O)C(O)C4O)C3)C(O)C(O)C2O)C(O)C(O)C1OC(=O)C=CC1CCC(O)CC1. The third kappa shape index (κ3) is 18.4. The van der Waals surface area contributed by atoms with E-state index in [-0.39, 0.29) is 56.8 Å². The van der Waals surface area contributed by atoms with Gasteiger partial charge in [0, 0.05) is 30.9 Å². The zero-order chi connectivity index (χ0) is 67.3. The van der Waals surface area contributed by atoms with E-state index in [4.69, 9.17) is 61.9 Å². The van der Waals surface area contributed by atoms with Gasteiger partial charge in [-0.2, -0.15) is 0 Å². The van der Waals surface area contributed by atoms with Crippen LogP contribution in [0.1, 0.15) is 96.8 Å². The molecule has 0 amide bonds. The Bertz CT molecular complexity index is 2490. The average Bonchev–Trinajstić information content (AvgIpc) is 0.781. The summed E-state index contributed by atoms with van der Waals surface area (Å²) in [6, 6.07) is 0. The van der Waals surface area contributed by atoms with Crippen LogP contribution in [-0.4, -0.2) is 319 Å². The Kier molecular flexibility index (Phi) is 26.0.